The third kappa shape index (κ3) is 4.42. The Morgan fingerprint density at radius 1 is 1.06 bits per heavy atom. The van der Waals surface area contributed by atoms with Crippen molar-refractivity contribution in [3.63, 3.8) is 0 Å². The highest BCUT2D eigenvalue weighted by Gasteiger charge is 2.31. The van der Waals surface area contributed by atoms with Crippen LogP contribution in [-0.4, -0.2) is 68.8 Å². The van der Waals surface area contributed by atoms with Gasteiger partial charge in [0.2, 0.25) is 0 Å². The molecule has 4 heterocycles. The molecule has 1 aromatic carbocycles. The van der Waals surface area contributed by atoms with Crippen molar-refractivity contribution in [3.05, 3.63) is 59.4 Å². The van der Waals surface area contributed by atoms with Crippen LogP contribution in [0.4, 0.5) is 0 Å². The third-order valence-corrected chi connectivity index (χ3v) is 7.32. The zero-order valence-electron chi connectivity index (χ0n) is 18.4. The minimum absolute atomic E-state index is 0.0960. The molecule has 2 fully saturated rings. The maximum atomic E-state index is 13.2. The van der Waals surface area contributed by atoms with Crippen LogP contribution in [0.15, 0.2) is 48.1 Å². The first-order valence-corrected chi connectivity index (χ1v) is 12.3. The summed E-state index contributed by atoms with van der Waals surface area (Å²) in [5.41, 5.74) is 2.57. The lowest BCUT2D eigenvalue weighted by molar-refractivity contribution is 0.0424. The number of hydrogen-bond donors (Lipinski definition) is 0. The fourth-order valence-electron chi connectivity index (χ4n) is 4.82. The van der Waals surface area contributed by atoms with Gasteiger partial charge in [0.05, 0.1) is 23.1 Å². The summed E-state index contributed by atoms with van der Waals surface area (Å²) in [7, 11) is 0. The second-order valence-corrected chi connectivity index (χ2v) is 9.42. The standard InChI is InChI=1S/C24H29N5O2S/c1-18-22(17-26-29(18)20-5-3-2-4-6-20)23(30)28-12-7-19(8-13-28)27-14-9-21(10-15-27)31-24-25-11-16-32-24/h2-6,11,16-17,19,21H,7-10,12-15H2,1H3. The lowest BCUT2D eigenvalue weighted by Crippen LogP contribution is -2.50. The molecule has 0 unspecified atom stereocenters. The number of likely N-dealkylation sites (tertiary alicyclic amines) is 2. The molecule has 0 atom stereocenters. The number of rotatable bonds is 5. The zero-order valence-corrected chi connectivity index (χ0v) is 19.2. The second-order valence-electron chi connectivity index (χ2n) is 8.57. The molecule has 0 radical (unpaired) electrons. The van der Waals surface area contributed by atoms with Crippen molar-refractivity contribution in [1.29, 1.82) is 0 Å². The van der Waals surface area contributed by atoms with E-state index in [1.54, 1.807) is 23.7 Å². The topological polar surface area (TPSA) is 63.5 Å². The number of ether oxygens (including phenoxy) is 1. The number of carbonyl (C=O) groups is 1. The van der Waals surface area contributed by atoms with E-state index in [-0.39, 0.29) is 12.0 Å². The van der Waals surface area contributed by atoms with Crippen LogP contribution in [0.25, 0.3) is 5.69 Å². The summed E-state index contributed by atoms with van der Waals surface area (Å²) in [6, 6.07) is 10.5. The minimum atomic E-state index is 0.0960. The van der Waals surface area contributed by atoms with Crippen molar-refractivity contribution in [2.75, 3.05) is 26.2 Å². The molecule has 2 aliphatic heterocycles. The molecule has 0 aliphatic carbocycles. The van der Waals surface area contributed by atoms with Gasteiger partial charge in [-0.15, -0.1) is 0 Å². The van der Waals surface area contributed by atoms with Crippen LogP contribution < -0.4 is 4.74 Å². The fraction of sp³-hybridized carbons (Fsp3) is 0.458. The average Bonchev–Trinajstić information content (AvgIpc) is 3.49. The summed E-state index contributed by atoms with van der Waals surface area (Å²) in [4.78, 5) is 22.0. The van der Waals surface area contributed by atoms with Gasteiger partial charge in [-0.3, -0.25) is 9.69 Å². The second kappa shape index (κ2) is 9.42. The van der Waals surface area contributed by atoms with E-state index in [1.165, 1.54) is 0 Å². The molecule has 5 rings (SSSR count). The third-order valence-electron chi connectivity index (χ3n) is 6.66. The monoisotopic (exact) mass is 451 g/mol. The molecule has 0 bridgehead atoms. The van der Waals surface area contributed by atoms with Crippen molar-refractivity contribution in [2.24, 2.45) is 0 Å². The molecule has 2 aromatic heterocycles. The molecule has 3 aromatic rings. The number of para-hydroxylation sites is 1. The van der Waals surface area contributed by atoms with E-state index in [9.17, 15) is 4.79 Å². The molecule has 0 spiro atoms. The van der Waals surface area contributed by atoms with Crippen LogP contribution in [0.5, 0.6) is 5.19 Å². The quantitative estimate of drug-likeness (QED) is 0.591. The normalized spacial score (nSPS) is 18.7. The van der Waals surface area contributed by atoms with Gasteiger partial charge in [-0.2, -0.15) is 5.10 Å². The molecule has 8 heteroatoms. The minimum Gasteiger partial charge on any atom is -0.467 e. The van der Waals surface area contributed by atoms with Gasteiger partial charge in [-0.25, -0.2) is 9.67 Å². The molecule has 32 heavy (non-hydrogen) atoms. The van der Waals surface area contributed by atoms with E-state index < -0.39 is 0 Å². The highest BCUT2D eigenvalue weighted by molar-refractivity contribution is 7.11. The Balaban J connectivity index is 1.14. The van der Waals surface area contributed by atoms with Crippen LogP contribution in [0.3, 0.4) is 0 Å². The highest BCUT2D eigenvalue weighted by Crippen LogP contribution is 2.26. The summed E-state index contributed by atoms with van der Waals surface area (Å²) in [6.45, 7) is 5.68. The van der Waals surface area contributed by atoms with Gasteiger partial charge in [0.1, 0.15) is 6.10 Å². The summed E-state index contributed by atoms with van der Waals surface area (Å²) < 4.78 is 7.84. The summed E-state index contributed by atoms with van der Waals surface area (Å²) >= 11 is 1.56. The average molecular weight is 452 g/mol. The SMILES string of the molecule is Cc1c(C(=O)N2CCC(N3CCC(Oc4nccs4)CC3)CC2)cnn1-c1ccccc1. The molecular formula is C24H29N5O2S. The van der Waals surface area contributed by atoms with Gasteiger partial charge in [-0.1, -0.05) is 29.5 Å². The molecule has 1 amide bonds. The predicted molar refractivity (Wildman–Crippen MR) is 125 cm³/mol. The maximum Gasteiger partial charge on any atom is 0.273 e. The van der Waals surface area contributed by atoms with E-state index >= 15 is 0 Å². The van der Waals surface area contributed by atoms with Crippen LogP contribution >= 0.6 is 11.3 Å². The number of carbonyl (C=O) groups excluding carboxylic acids is 1. The van der Waals surface area contributed by atoms with Gasteiger partial charge in [0.25, 0.3) is 11.1 Å². The molecule has 168 valence electrons. The Labute approximate surface area is 192 Å². The Hall–Kier alpha value is -2.71. The number of aromatic nitrogens is 3. The molecule has 7 nitrogen and oxygen atoms in total. The van der Waals surface area contributed by atoms with Gasteiger partial charge in [0, 0.05) is 43.8 Å². The number of hydrogen-bond acceptors (Lipinski definition) is 6. The van der Waals surface area contributed by atoms with Crippen molar-refractivity contribution >= 4 is 17.2 Å². The number of amides is 1. The molecule has 2 saturated heterocycles. The van der Waals surface area contributed by atoms with Crippen LogP contribution in [0.1, 0.15) is 41.7 Å². The first-order chi connectivity index (χ1) is 15.7. The van der Waals surface area contributed by atoms with E-state index in [1.807, 2.05) is 52.2 Å². The smallest absolute Gasteiger partial charge is 0.273 e. The largest absolute Gasteiger partial charge is 0.467 e. The first kappa shape index (κ1) is 21.2. The van der Waals surface area contributed by atoms with E-state index in [4.69, 9.17) is 4.74 Å². The van der Waals surface area contributed by atoms with Crippen molar-refractivity contribution < 1.29 is 9.53 Å². The van der Waals surface area contributed by atoms with E-state index in [0.717, 1.165) is 68.4 Å². The highest BCUT2D eigenvalue weighted by atomic mass is 32.1. The maximum absolute atomic E-state index is 13.2. The van der Waals surface area contributed by atoms with Crippen molar-refractivity contribution in [3.8, 4) is 10.9 Å². The summed E-state index contributed by atoms with van der Waals surface area (Å²) in [5.74, 6) is 0.0960. The lowest BCUT2D eigenvalue weighted by atomic mass is 9.98. The lowest BCUT2D eigenvalue weighted by Gasteiger charge is -2.41. The number of benzene rings is 1. The molecule has 2 aliphatic rings. The summed E-state index contributed by atoms with van der Waals surface area (Å²) in [5, 5.41) is 7.20. The van der Waals surface area contributed by atoms with E-state index in [0.29, 0.717) is 11.6 Å². The van der Waals surface area contributed by atoms with Crippen LogP contribution in [0, 0.1) is 6.92 Å². The fourth-order valence-corrected chi connectivity index (χ4v) is 5.37. The van der Waals surface area contributed by atoms with Gasteiger partial charge in [0.15, 0.2) is 0 Å². The Kier molecular flexibility index (Phi) is 6.23. The first-order valence-electron chi connectivity index (χ1n) is 11.4. The van der Waals surface area contributed by atoms with E-state index in [2.05, 4.69) is 15.0 Å². The number of thiazole rings is 1. The predicted octanol–water partition coefficient (Wildman–Crippen LogP) is 3.79. The number of nitrogens with zero attached hydrogens (tertiary/aromatic N) is 5. The molecular weight excluding hydrogens is 422 g/mol. The molecule has 0 N–H and O–H groups in total. The van der Waals surface area contributed by atoms with Gasteiger partial charge < -0.3 is 9.64 Å². The number of piperidine rings is 2. The Morgan fingerprint density at radius 2 is 1.81 bits per heavy atom. The summed E-state index contributed by atoms with van der Waals surface area (Å²) in [6.07, 6.45) is 7.89. The Morgan fingerprint density at radius 3 is 2.50 bits per heavy atom. The van der Waals surface area contributed by atoms with Gasteiger partial charge in [-0.05, 0) is 44.7 Å². The molecule has 0 saturated carbocycles. The van der Waals surface area contributed by atoms with Gasteiger partial charge >= 0.3 is 0 Å². The van der Waals surface area contributed by atoms with Crippen molar-refractivity contribution in [2.45, 2.75) is 44.8 Å². The van der Waals surface area contributed by atoms with Crippen LogP contribution in [0.2, 0.25) is 0 Å². The van der Waals surface area contributed by atoms with Crippen LogP contribution in [-0.2, 0) is 0 Å². The Bertz CT molecular complexity index is 1020. The van der Waals surface area contributed by atoms with Crippen molar-refractivity contribution in [1.82, 2.24) is 24.6 Å². The zero-order chi connectivity index (χ0) is 21.9.